The van der Waals surface area contributed by atoms with Crippen LogP contribution in [-0.4, -0.2) is 18.2 Å². The molecule has 3 nitrogen and oxygen atoms in total. The average Bonchev–Trinajstić information content (AvgIpc) is 2.99. The van der Waals surface area contributed by atoms with E-state index in [4.69, 9.17) is 6.64 Å². The first-order chi connectivity index (χ1) is 9.14. The van der Waals surface area contributed by atoms with Crippen molar-refractivity contribution in [1.29, 1.82) is 0 Å². The molecular formula is C15H23NO2Ti. The molecule has 0 saturated carbocycles. The minimum absolute atomic E-state index is 0.695. The van der Waals surface area contributed by atoms with E-state index in [1.807, 2.05) is 0 Å². The van der Waals surface area contributed by atoms with Crippen LogP contribution in [0.5, 0.6) is 0 Å². The molecule has 0 radical (unpaired) electrons. The first kappa shape index (κ1) is 14.8. The Labute approximate surface area is 120 Å². The Balaban J connectivity index is 2.50. The summed E-state index contributed by atoms with van der Waals surface area (Å²) in [6, 6.07) is 2.21. The predicted octanol–water partition coefficient (Wildman–Crippen LogP) is 3.16. The van der Waals surface area contributed by atoms with Crippen molar-refractivity contribution in [2.45, 2.75) is 34.1 Å². The summed E-state index contributed by atoms with van der Waals surface area (Å²) in [4.78, 5) is 3.39. The summed E-state index contributed by atoms with van der Waals surface area (Å²) in [7, 11) is 0. The van der Waals surface area contributed by atoms with E-state index in [2.05, 4.69) is 57.0 Å². The number of aromatic amines is 1. The Kier molecular flexibility index (Phi) is 4.85. The van der Waals surface area contributed by atoms with E-state index in [0.29, 0.717) is 13.2 Å². The van der Waals surface area contributed by atoms with Crippen molar-refractivity contribution in [3.63, 3.8) is 0 Å². The molecule has 1 aromatic heterocycles. The summed E-state index contributed by atoms with van der Waals surface area (Å²) in [6.07, 6.45) is 7.45. The minimum atomic E-state index is -3.11. The Morgan fingerprint density at radius 3 is 2.32 bits per heavy atom. The van der Waals surface area contributed by atoms with Crippen molar-refractivity contribution < 1.29 is 24.0 Å². The van der Waals surface area contributed by atoms with Crippen LogP contribution in [0.2, 0.25) is 0 Å². The maximum absolute atomic E-state index is 6.27. The van der Waals surface area contributed by atoms with E-state index in [1.165, 1.54) is 19.1 Å². The number of rotatable bonds is 6. The van der Waals surface area contributed by atoms with Gasteiger partial charge in [0.25, 0.3) is 0 Å². The number of nitrogens with one attached hydrogen (secondary N) is 1. The molecule has 1 aromatic rings. The summed E-state index contributed by atoms with van der Waals surface area (Å²) in [5.74, 6) is 0. The van der Waals surface area contributed by atoms with Gasteiger partial charge in [-0.05, 0) is 0 Å². The normalized spacial score (nSPS) is 15.1. The Bertz CT molecular complexity index is 496. The van der Waals surface area contributed by atoms with E-state index in [-0.39, 0.29) is 0 Å². The van der Waals surface area contributed by atoms with Gasteiger partial charge >= 0.3 is 120 Å². The zero-order valence-electron chi connectivity index (χ0n) is 12.2. The third kappa shape index (κ3) is 2.80. The van der Waals surface area contributed by atoms with Crippen molar-refractivity contribution in [3.05, 3.63) is 39.6 Å². The molecule has 1 aliphatic rings. The van der Waals surface area contributed by atoms with Crippen LogP contribution in [0.3, 0.4) is 0 Å². The van der Waals surface area contributed by atoms with Crippen LogP contribution >= 0.6 is 0 Å². The van der Waals surface area contributed by atoms with Gasteiger partial charge in [-0.25, -0.2) is 0 Å². The topological polar surface area (TPSA) is 34.2 Å². The second-order valence-electron chi connectivity index (χ2n) is 4.80. The van der Waals surface area contributed by atoms with Crippen molar-refractivity contribution in [3.8, 4) is 0 Å². The standard InChI is InChI=1S/C6H8N.C5H5.2C2H5O.Ti/c1-5-3-4-6(2)7-5;1-2-4-5-3-1;2*1-2-3;/h3,7H,1-2H3;1-3H,4H2;2*2H2,1H3;/q;;2*-1;+2. The molecule has 0 aromatic carbocycles. The van der Waals surface area contributed by atoms with E-state index >= 15 is 0 Å². The van der Waals surface area contributed by atoms with Crippen LogP contribution in [0, 0.1) is 13.8 Å². The van der Waals surface area contributed by atoms with Crippen molar-refractivity contribution in [1.82, 2.24) is 4.98 Å². The Morgan fingerprint density at radius 1 is 1.21 bits per heavy atom. The molecular weight excluding hydrogens is 274 g/mol. The third-order valence-corrected chi connectivity index (χ3v) is 9.38. The van der Waals surface area contributed by atoms with Gasteiger partial charge in [-0.3, -0.25) is 0 Å². The SMILES string of the molecule is CC[O][Ti]([O]CC)([C]1=CC=CC1)[c]1cc(C)[nH]c1C. The molecule has 19 heavy (non-hydrogen) atoms. The average molecular weight is 297 g/mol. The van der Waals surface area contributed by atoms with Gasteiger partial charge in [0.2, 0.25) is 0 Å². The fraction of sp³-hybridized carbons (Fsp3) is 0.467. The molecule has 1 aliphatic carbocycles. The fourth-order valence-electron chi connectivity index (χ4n) is 2.72. The summed E-state index contributed by atoms with van der Waals surface area (Å²) in [6.45, 7) is 9.70. The van der Waals surface area contributed by atoms with Crippen LogP contribution in [0.15, 0.2) is 28.2 Å². The van der Waals surface area contributed by atoms with Crippen molar-refractivity contribution >= 4 is 3.87 Å². The number of allylic oxidation sites excluding steroid dienone is 4. The summed E-state index contributed by atoms with van der Waals surface area (Å²) in [5, 5.41) is 0. The molecule has 0 fully saturated rings. The first-order valence-electron chi connectivity index (χ1n) is 6.94. The molecule has 0 saturated heterocycles. The van der Waals surface area contributed by atoms with E-state index in [9.17, 15) is 0 Å². The van der Waals surface area contributed by atoms with Crippen LogP contribution in [0.25, 0.3) is 0 Å². The Morgan fingerprint density at radius 2 is 1.89 bits per heavy atom. The van der Waals surface area contributed by atoms with Gasteiger partial charge < -0.3 is 0 Å². The number of H-pyrrole nitrogens is 1. The Hall–Kier alpha value is -0.606. The summed E-state index contributed by atoms with van der Waals surface area (Å²) in [5.41, 5.74) is 2.36. The second kappa shape index (κ2) is 6.23. The second-order valence-corrected chi connectivity index (χ2v) is 9.47. The monoisotopic (exact) mass is 297 g/mol. The molecule has 1 N–H and O–H groups in total. The zero-order valence-corrected chi connectivity index (χ0v) is 13.8. The maximum atomic E-state index is 6.27. The van der Waals surface area contributed by atoms with Crippen LogP contribution < -0.4 is 3.87 Å². The zero-order chi connectivity index (χ0) is 13.9. The van der Waals surface area contributed by atoms with Gasteiger partial charge in [0.05, 0.1) is 0 Å². The van der Waals surface area contributed by atoms with Gasteiger partial charge in [-0.2, -0.15) is 0 Å². The van der Waals surface area contributed by atoms with Gasteiger partial charge in [0, 0.05) is 0 Å². The van der Waals surface area contributed by atoms with Crippen LogP contribution in [-0.2, 0) is 24.0 Å². The van der Waals surface area contributed by atoms with Crippen LogP contribution in [0.4, 0.5) is 0 Å². The van der Waals surface area contributed by atoms with E-state index < -0.39 is 17.4 Å². The first-order valence-corrected chi connectivity index (χ1v) is 9.78. The molecule has 0 amide bonds. The van der Waals surface area contributed by atoms with Gasteiger partial charge in [0.15, 0.2) is 0 Å². The molecule has 0 aliphatic heterocycles. The molecule has 1 heterocycles. The molecule has 0 spiro atoms. The fourth-order valence-corrected chi connectivity index (χ4v) is 8.32. The molecule has 104 valence electrons. The molecule has 2 rings (SSSR count). The quantitative estimate of drug-likeness (QED) is 0.818. The van der Waals surface area contributed by atoms with E-state index in [0.717, 1.165) is 6.42 Å². The molecule has 0 unspecified atom stereocenters. The van der Waals surface area contributed by atoms with Crippen molar-refractivity contribution in [2.75, 3.05) is 13.2 Å². The van der Waals surface area contributed by atoms with Gasteiger partial charge in [-0.15, -0.1) is 0 Å². The van der Waals surface area contributed by atoms with Crippen molar-refractivity contribution in [2.24, 2.45) is 0 Å². The number of hydrogen-bond donors (Lipinski definition) is 1. The van der Waals surface area contributed by atoms with Gasteiger partial charge in [0.1, 0.15) is 0 Å². The molecule has 0 bridgehead atoms. The van der Waals surface area contributed by atoms with Gasteiger partial charge in [-0.1, -0.05) is 0 Å². The third-order valence-electron chi connectivity index (χ3n) is 3.39. The molecule has 4 heteroatoms. The number of aryl methyl sites for hydroxylation is 2. The summed E-state index contributed by atoms with van der Waals surface area (Å²) >= 11 is -3.11. The number of aromatic nitrogens is 1. The summed E-state index contributed by atoms with van der Waals surface area (Å²) < 4.78 is 15.2. The number of hydrogen-bond acceptors (Lipinski definition) is 2. The molecule has 0 atom stereocenters. The van der Waals surface area contributed by atoms with E-state index in [1.54, 1.807) is 0 Å². The predicted molar refractivity (Wildman–Crippen MR) is 75.0 cm³/mol. The van der Waals surface area contributed by atoms with Crippen LogP contribution in [0.1, 0.15) is 31.7 Å².